The van der Waals surface area contributed by atoms with Gasteiger partial charge in [0.05, 0.1) is 24.8 Å². The zero-order valence-corrected chi connectivity index (χ0v) is 18.6. The number of rotatable bonds is 6. The lowest BCUT2D eigenvalue weighted by Crippen LogP contribution is -2.38. The first-order valence-electron chi connectivity index (χ1n) is 9.50. The average Bonchev–Trinajstić information content (AvgIpc) is 2.74. The van der Waals surface area contributed by atoms with Crippen LogP contribution in [0.3, 0.4) is 0 Å². The maximum Gasteiger partial charge on any atom is 0.264 e. The standard InChI is InChI=1S/C22H26N2O5S/c1-6-7-16-14-19(27-3)22(28-4)21-20(16)18(23-29-5)12-13-24(21)30(25,26)17-10-8-15(2)9-11-17/h6-11,14H,12-13H2,1-5H3/b7-6+,23-18-. The SMILES string of the molecule is C/C=C/c1cc(OC)c(OC)c2c1/C(=N\OC)CCN2S(=O)(=O)c1ccc(C)cc1. The van der Waals surface area contributed by atoms with Crippen LogP contribution in [-0.2, 0) is 14.9 Å². The molecule has 0 aromatic heterocycles. The van der Waals surface area contributed by atoms with Crippen molar-refractivity contribution in [1.29, 1.82) is 0 Å². The Morgan fingerprint density at radius 1 is 1.10 bits per heavy atom. The van der Waals surface area contributed by atoms with E-state index in [4.69, 9.17) is 14.3 Å². The van der Waals surface area contributed by atoms with Crippen molar-refractivity contribution in [2.45, 2.75) is 25.2 Å². The summed E-state index contributed by atoms with van der Waals surface area (Å²) in [5, 5.41) is 4.16. The van der Waals surface area contributed by atoms with Gasteiger partial charge in [0, 0.05) is 18.5 Å². The van der Waals surface area contributed by atoms with Gasteiger partial charge in [-0.1, -0.05) is 35.0 Å². The van der Waals surface area contributed by atoms with E-state index in [1.807, 2.05) is 32.1 Å². The Hall–Kier alpha value is -3.00. The molecule has 0 atom stereocenters. The topological polar surface area (TPSA) is 77.4 Å². The Bertz CT molecular complexity index is 1090. The normalized spacial score (nSPS) is 15.4. The molecule has 0 unspecified atom stereocenters. The summed E-state index contributed by atoms with van der Waals surface area (Å²) in [4.78, 5) is 5.26. The van der Waals surface area contributed by atoms with Gasteiger partial charge in [-0.05, 0) is 37.6 Å². The fourth-order valence-corrected chi connectivity index (χ4v) is 5.05. The third-order valence-electron chi connectivity index (χ3n) is 4.92. The summed E-state index contributed by atoms with van der Waals surface area (Å²) in [5.41, 5.74) is 3.45. The summed E-state index contributed by atoms with van der Waals surface area (Å²) in [5.74, 6) is 0.770. The number of anilines is 1. The molecule has 1 aliphatic rings. The molecule has 30 heavy (non-hydrogen) atoms. The number of nitrogens with zero attached hydrogens (tertiary/aromatic N) is 2. The number of methoxy groups -OCH3 is 2. The summed E-state index contributed by atoms with van der Waals surface area (Å²) in [6.45, 7) is 4.00. The molecule has 2 aromatic rings. The van der Waals surface area contributed by atoms with Gasteiger partial charge in [-0.2, -0.15) is 0 Å². The highest BCUT2D eigenvalue weighted by Crippen LogP contribution is 2.47. The van der Waals surface area contributed by atoms with Gasteiger partial charge >= 0.3 is 0 Å². The molecule has 160 valence electrons. The highest BCUT2D eigenvalue weighted by molar-refractivity contribution is 7.92. The first-order chi connectivity index (χ1) is 14.4. The lowest BCUT2D eigenvalue weighted by atomic mass is 9.94. The molecule has 0 aliphatic carbocycles. The molecule has 0 N–H and O–H groups in total. The molecule has 7 nitrogen and oxygen atoms in total. The van der Waals surface area contributed by atoms with Crippen LogP contribution in [0.5, 0.6) is 11.5 Å². The second-order valence-electron chi connectivity index (χ2n) is 6.79. The molecule has 8 heteroatoms. The second kappa shape index (κ2) is 8.79. The van der Waals surface area contributed by atoms with Crippen LogP contribution in [-0.4, -0.2) is 42.0 Å². The van der Waals surface area contributed by atoms with Crippen molar-refractivity contribution < 1.29 is 22.7 Å². The van der Waals surface area contributed by atoms with Crippen LogP contribution >= 0.6 is 0 Å². The van der Waals surface area contributed by atoms with E-state index in [1.165, 1.54) is 25.6 Å². The predicted octanol–water partition coefficient (Wildman–Crippen LogP) is 3.99. The molecule has 2 aromatic carbocycles. The Balaban J connectivity index is 2.35. The zero-order valence-electron chi connectivity index (χ0n) is 17.8. The molecule has 0 spiro atoms. The molecule has 0 amide bonds. The third-order valence-corrected chi connectivity index (χ3v) is 6.73. The van der Waals surface area contributed by atoms with Crippen molar-refractivity contribution >= 4 is 27.5 Å². The van der Waals surface area contributed by atoms with Crippen LogP contribution in [0.2, 0.25) is 0 Å². The van der Waals surface area contributed by atoms with Crippen molar-refractivity contribution in [3.8, 4) is 11.5 Å². The summed E-state index contributed by atoms with van der Waals surface area (Å²) < 4.78 is 39.7. The van der Waals surface area contributed by atoms with Crippen LogP contribution in [0.15, 0.2) is 46.5 Å². The monoisotopic (exact) mass is 430 g/mol. The van der Waals surface area contributed by atoms with Gasteiger partial charge in [0.2, 0.25) is 0 Å². The van der Waals surface area contributed by atoms with Crippen LogP contribution in [0.1, 0.15) is 30.0 Å². The molecule has 0 radical (unpaired) electrons. The summed E-state index contributed by atoms with van der Waals surface area (Å²) >= 11 is 0. The third kappa shape index (κ3) is 3.75. The molecule has 0 saturated heterocycles. The van der Waals surface area contributed by atoms with E-state index in [2.05, 4.69) is 5.16 Å². The maximum atomic E-state index is 13.6. The molecular formula is C22H26N2O5S. The largest absolute Gasteiger partial charge is 0.493 e. The Morgan fingerprint density at radius 2 is 1.80 bits per heavy atom. The molecule has 0 bridgehead atoms. The molecule has 3 rings (SSSR count). The minimum atomic E-state index is -3.84. The van der Waals surface area contributed by atoms with E-state index < -0.39 is 10.0 Å². The van der Waals surface area contributed by atoms with Gasteiger partial charge in [-0.3, -0.25) is 4.31 Å². The van der Waals surface area contributed by atoms with Crippen molar-refractivity contribution in [1.82, 2.24) is 0 Å². The number of sulfonamides is 1. The van der Waals surface area contributed by atoms with Crippen LogP contribution < -0.4 is 13.8 Å². The molecule has 1 heterocycles. The van der Waals surface area contributed by atoms with E-state index in [1.54, 1.807) is 24.3 Å². The first kappa shape index (κ1) is 21.7. The molecule has 0 saturated carbocycles. The number of ether oxygens (including phenoxy) is 2. The smallest absolute Gasteiger partial charge is 0.264 e. The van der Waals surface area contributed by atoms with E-state index in [9.17, 15) is 8.42 Å². The van der Waals surface area contributed by atoms with Gasteiger partial charge < -0.3 is 14.3 Å². The number of hydrogen-bond donors (Lipinski definition) is 0. The number of allylic oxidation sites excluding steroid dienone is 1. The second-order valence-corrected chi connectivity index (χ2v) is 8.65. The molecular weight excluding hydrogens is 404 g/mol. The Morgan fingerprint density at radius 3 is 2.37 bits per heavy atom. The zero-order chi connectivity index (χ0) is 21.9. The summed E-state index contributed by atoms with van der Waals surface area (Å²) in [6.07, 6.45) is 4.15. The van der Waals surface area contributed by atoms with Crippen molar-refractivity contribution in [2.24, 2.45) is 5.16 Å². The van der Waals surface area contributed by atoms with Gasteiger partial charge in [-0.15, -0.1) is 0 Å². The molecule has 1 aliphatic heterocycles. The molecule has 0 fully saturated rings. The minimum Gasteiger partial charge on any atom is -0.493 e. The highest BCUT2D eigenvalue weighted by Gasteiger charge is 2.37. The average molecular weight is 431 g/mol. The van der Waals surface area contributed by atoms with Gasteiger partial charge in [-0.25, -0.2) is 8.42 Å². The van der Waals surface area contributed by atoms with Gasteiger partial charge in [0.1, 0.15) is 12.8 Å². The predicted molar refractivity (Wildman–Crippen MR) is 118 cm³/mol. The lowest BCUT2D eigenvalue weighted by Gasteiger charge is -2.33. The van der Waals surface area contributed by atoms with E-state index in [-0.39, 0.29) is 11.4 Å². The first-order valence-corrected chi connectivity index (χ1v) is 10.9. The number of oxime groups is 1. The fourth-order valence-electron chi connectivity index (χ4n) is 3.57. The Kier molecular flexibility index (Phi) is 6.36. The maximum absolute atomic E-state index is 13.6. The quantitative estimate of drug-likeness (QED) is 0.648. The van der Waals surface area contributed by atoms with Crippen molar-refractivity contribution in [3.05, 3.63) is 53.1 Å². The van der Waals surface area contributed by atoms with Crippen LogP contribution in [0, 0.1) is 6.92 Å². The fraction of sp³-hybridized carbons (Fsp3) is 0.318. The van der Waals surface area contributed by atoms with E-state index in [0.717, 1.165) is 11.1 Å². The van der Waals surface area contributed by atoms with Crippen molar-refractivity contribution in [2.75, 3.05) is 32.2 Å². The lowest BCUT2D eigenvalue weighted by molar-refractivity contribution is 0.212. The highest BCUT2D eigenvalue weighted by atomic mass is 32.2. The minimum absolute atomic E-state index is 0.199. The van der Waals surface area contributed by atoms with E-state index >= 15 is 0 Å². The summed E-state index contributed by atoms with van der Waals surface area (Å²) in [7, 11) is 0.644. The van der Waals surface area contributed by atoms with Crippen LogP contribution in [0.25, 0.3) is 6.08 Å². The van der Waals surface area contributed by atoms with Gasteiger partial charge in [0.15, 0.2) is 11.5 Å². The van der Waals surface area contributed by atoms with Crippen LogP contribution in [0.4, 0.5) is 5.69 Å². The van der Waals surface area contributed by atoms with Crippen molar-refractivity contribution in [3.63, 3.8) is 0 Å². The van der Waals surface area contributed by atoms with E-state index in [0.29, 0.717) is 34.9 Å². The number of fused-ring (bicyclic) bond motifs is 1. The van der Waals surface area contributed by atoms with Gasteiger partial charge in [0.25, 0.3) is 10.0 Å². The number of aryl methyl sites for hydroxylation is 1. The Labute approximate surface area is 177 Å². The number of hydrogen-bond acceptors (Lipinski definition) is 6. The number of benzene rings is 2. The summed E-state index contributed by atoms with van der Waals surface area (Å²) in [6, 6.07) is 8.60.